The molecule has 0 heterocycles. The second-order valence-electron chi connectivity index (χ2n) is 15.4. The molecule has 6 aromatic carbocycles. The van der Waals surface area contributed by atoms with Crippen LogP contribution >= 0.6 is 0 Å². The summed E-state index contributed by atoms with van der Waals surface area (Å²) in [6, 6.07) is 43.6. The molecule has 0 saturated heterocycles. The molecule has 0 radical (unpaired) electrons. The van der Waals surface area contributed by atoms with Gasteiger partial charge in [-0.1, -0.05) is 87.1 Å². The number of rotatable bonds is 23. The highest BCUT2D eigenvalue weighted by Gasteiger charge is 2.22. The zero-order valence-corrected chi connectivity index (χ0v) is 35.8. The third-order valence-electron chi connectivity index (χ3n) is 10.7. The average Bonchev–Trinajstić information content (AvgIpc) is 3.33. The molecule has 326 valence electrons. The van der Waals surface area contributed by atoms with Gasteiger partial charge in [0.15, 0.2) is 0 Å². The first kappa shape index (κ1) is 46.0. The fourth-order valence-electron chi connectivity index (χ4n) is 7.17. The van der Waals surface area contributed by atoms with E-state index in [0.29, 0.717) is 48.3 Å². The Morgan fingerprint density at radius 1 is 0.406 bits per heavy atom. The molecule has 10 heteroatoms. The Hall–Kier alpha value is -7.56. The number of hydrogen-bond donors (Lipinski definition) is 2. The van der Waals surface area contributed by atoms with E-state index in [1.54, 1.807) is 36.4 Å². The number of nitrogens with zero attached hydrogens (tertiary/aromatic N) is 2. The van der Waals surface area contributed by atoms with Crippen LogP contribution in [0.5, 0.6) is 23.0 Å². The molecule has 0 fully saturated rings. The first-order valence-corrected chi connectivity index (χ1v) is 21.8. The average molecular weight is 857 g/mol. The summed E-state index contributed by atoms with van der Waals surface area (Å²) in [6.45, 7) is 1.58. The third-order valence-corrected chi connectivity index (χ3v) is 10.7. The summed E-state index contributed by atoms with van der Waals surface area (Å²) in [4.78, 5) is 26.6. The predicted octanol–water partition coefficient (Wildman–Crippen LogP) is 12.2. The van der Waals surface area contributed by atoms with Gasteiger partial charge >= 0.3 is 11.9 Å². The summed E-state index contributed by atoms with van der Waals surface area (Å²) < 4.78 is 23.1. The van der Waals surface area contributed by atoms with E-state index in [0.717, 1.165) is 85.1 Å². The molecule has 0 bridgehead atoms. The number of esters is 2. The molecule has 10 nitrogen and oxygen atoms in total. The maximum absolute atomic E-state index is 13.3. The zero-order chi connectivity index (χ0) is 44.9. The summed E-state index contributed by atoms with van der Waals surface area (Å²) in [5.74, 6) is 0.109. The van der Waals surface area contributed by atoms with E-state index < -0.39 is 11.9 Å². The molecule has 6 rings (SSSR count). The number of ether oxygens (including phenoxy) is 4. The van der Waals surface area contributed by atoms with Gasteiger partial charge in [0.2, 0.25) is 0 Å². The molecule has 0 aliphatic carbocycles. The molecule has 0 aliphatic heterocycles. The standard InChI is InChI=1S/C54H52N2O8/c55-37-39-11-15-41(16-12-39)43-19-25-47(26-20-43)61-31-7-3-1-5-9-33-63-53(59)51-35-45(57)23-29-49(51)50-30-24-46(58)36-52(50)54(60)64-34-10-6-2-4-8-32-62-48-27-21-44(22-28-48)42-17-13-40(38-56)14-18-42/h11-30,35-36,57-58H,1-10,31-34H2. The lowest BCUT2D eigenvalue weighted by Gasteiger charge is -2.14. The van der Waals surface area contributed by atoms with E-state index in [-0.39, 0.29) is 35.8 Å². The van der Waals surface area contributed by atoms with Crippen LogP contribution in [0.15, 0.2) is 133 Å². The lowest BCUT2D eigenvalue weighted by Crippen LogP contribution is -2.11. The maximum atomic E-state index is 13.3. The van der Waals surface area contributed by atoms with Crippen LogP contribution in [0.2, 0.25) is 0 Å². The molecule has 0 atom stereocenters. The van der Waals surface area contributed by atoms with Crippen LogP contribution in [0.25, 0.3) is 33.4 Å². The van der Waals surface area contributed by atoms with Crippen molar-refractivity contribution in [2.45, 2.75) is 64.2 Å². The lowest BCUT2D eigenvalue weighted by atomic mass is 9.94. The van der Waals surface area contributed by atoms with Gasteiger partial charge in [-0.05, 0) is 144 Å². The fraction of sp³-hybridized carbons (Fsp3) is 0.259. The quantitative estimate of drug-likeness (QED) is 0.0469. The molecule has 0 spiro atoms. The molecule has 0 amide bonds. The van der Waals surface area contributed by atoms with Gasteiger partial charge in [0.1, 0.15) is 23.0 Å². The number of carbonyl (C=O) groups excluding carboxylic acids is 2. The number of phenolic OH excluding ortho intramolecular Hbond substituents is 2. The van der Waals surface area contributed by atoms with E-state index in [1.807, 2.05) is 72.8 Å². The molecule has 0 saturated carbocycles. The number of benzene rings is 6. The van der Waals surface area contributed by atoms with E-state index in [1.165, 1.54) is 24.3 Å². The van der Waals surface area contributed by atoms with E-state index >= 15 is 0 Å². The summed E-state index contributed by atoms with van der Waals surface area (Å²) in [6.07, 6.45) is 8.65. The molecule has 2 N–H and O–H groups in total. The van der Waals surface area contributed by atoms with Gasteiger partial charge in [0, 0.05) is 0 Å². The van der Waals surface area contributed by atoms with Gasteiger partial charge in [0.25, 0.3) is 0 Å². The molecule has 64 heavy (non-hydrogen) atoms. The Morgan fingerprint density at radius 3 is 1.06 bits per heavy atom. The van der Waals surface area contributed by atoms with Crippen LogP contribution < -0.4 is 9.47 Å². The Kier molecular flexibility index (Phi) is 17.4. The highest BCUT2D eigenvalue weighted by atomic mass is 16.5. The minimum Gasteiger partial charge on any atom is -0.508 e. The molecule has 6 aromatic rings. The number of carbonyl (C=O) groups is 2. The number of nitriles is 2. The highest BCUT2D eigenvalue weighted by molar-refractivity contribution is 6.03. The van der Waals surface area contributed by atoms with Gasteiger partial charge in [-0.15, -0.1) is 0 Å². The largest absolute Gasteiger partial charge is 0.508 e. The maximum Gasteiger partial charge on any atom is 0.338 e. The van der Waals surface area contributed by atoms with Crippen molar-refractivity contribution in [3.8, 4) is 68.5 Å². The van der Waals surface area contributed by atoms with Crippen molar-refractivity contribution < 1.29 is 38.7 Å². The van der Waals surface area contributed by atoms with Crippen LogP contribution in [0.4, 0.5) is 0 Å². The fourth-order valence-corrected chi connectivity index (χ4v) is 7.17. The number of aromatic hydroxyl groups is 2. The zero-order valence-electron chi connectivity index (χ0n) is 35.8. The second-order valence-corrected chi connectivity index (χ2v) is 15.4. The number of unbranched alkanes of at least 4 members (excludes halogenated alkanes) is 8. The van der Waals surface area contributed by atoms with E-state index in [2.05, 4.69) is 12.1 Å². The Balaban J connectivity index is 0.867. The van der Waals surface area contributed by atoms with Gasteiger partial charge < -0.3 is 29.2 Å². The summed E-state index contributed by atoms with van der Waals surface area (Å²) >= 11 is 0. The SMILES string of the molecule is N#Cc1ccc(-c2ccc(OCCCCCCCOC(=O)c3cc(O)ccc3-c3ccc(O)cc3C(=O)OCCCCCCCOc3ccc(-c4ccc(C#N)cc4)cc3)cc2)cc1. The van der Waals surface area contributed by atoms with Crippen molar-refractivity contribution in [3.05, 3.63) is 156 Å². The third kappa shape index (κ3) is 13.7. The summed E-state index contributed by atoms with van der Waals surface area (Å²) in [5, 5.41) is 38.6. The van der Waals surface area contributed by atoms with Crippen molar-refractivity contribution >= 4 is 11.9 Å². The molecule has 0 aromatic heterocycles. The molecule has 0 unspecified atom stereocenters. The van der Waals surface area contributed by atoms with Gasteiger partial charge in [-0.25, -0.2) is 9.59 Å². The normalized spacial score (nSPS) is 10.7. The van der Waals surface area contributed by atoms with Gasteiger partial charge in [-0.2, -0.15) is 10.5 Å². The topological polar surface area (TPSA) is 159 Å². The highest BCUT2D eigenvalue weighted by Crippen LogP contribution is 2.33. The lowest BCUT2D eigenvalue weighted by molar-refractivity contribution is 0.0486. The smallest absolute Gasteiger partial charge is 0.338 e. The van der Waals surface area contributed by atoms with Crippen LogP contribution in [-0.2, 0) is 9.47 Å². The Bertz CT molecular complexity index is 2340. The number of phenols is 2. The minimum absolute atomic E-state index is 0.103. The first-order valence-electron chi connectivity index (χ1n) is 21.8. The molecular formula is C54H52N2O8. The minimum atomic E-state index is -0.625. The Morgan fingerprint density at radius 2 is 0.719 bits per heavy atom. The van der Waals surface area contributed by atoms with Crippen LogP contribution in [0.3, 0.4) is 0 Å². The Labute approximate surface area is 374 Å². The number of hydrogen-bond acceptors (Lipinski definition) is 10. The van der Waals surface area contributed by atoms with Crippen molar-refractivity contribution in [1.29, 1.82) is 10.5 Å². The van der Waals surface area contributed by atoms with Crippen molar-refractivity contribution in [2.24, 2.45) is 0 Å². The van der Waals surface area contributed by atoms with E-state index in [4.69, 9.17) is 29.5 Å². The van der Waals surface area contributed by atoms with Crippen LogP contribution in [-0.4, -0.2) is 48.6 Å². The van der Waals surface area contributed by atoms with Gasteiger partial charge in [0.05, 0.1) is 60.8 Å². The van der Waals surface area contributed by atoms with Crippen LogP contribution in [0, 0.1) is 22.7 Å². The van der Waals surface area contributed by atoms with Crippen LogP contribution in [0.1, 0.15) is 96.1 Å². The predicted molar refractivity (Wildman–Crippen MR) is 246 cm³/mol. The van der Waals surface area contributed by atoms with E-state index in [9.17, 15) is 19.8 Å². The monoisotopic (exact) mass is 856 g/mol. The summed E-state index contributed by atoms with van der Waals surface area (Å²) in [5.41, 5.74) is 6.41. The second kappa shape index (κ2) is 24.2. The van der Waals surface area contributed by atoms with Crippen molar-refractivity contribution in [1.82, 2.24) is 0 Å². The van der Waals surface area contributed by atoms with Crippen molar-refractivity contribution in [2.75, 3.05) is 26.4 Å². The molecule has 0 aliphatic rings. The van der Waals surface area contributed by atoms with Gasteiger partial charge in [-0.3, -0.25) is 0 Å². The van der Waals surface area contributed by atoms with Crippen molar-refractivity contribution in [3.63, 3.8) is 0 Å². The first-order chi connectivity index (χ1) is 31.3. The molecular weight excluding hydrogens is 805 g/mol. The summed E-state index contributed by atoms with van der Waals surface area (Å²) in [7, 11) is 0.